The van der Waals surface area contributed by atoms with Gasteiger partial charge in [-0.2, -0.15) is 5.26 Å². The number of nitrogens with one attached hydrogen (secondary N) is 1. The number of nitrogens with zero attached hydrogens (tertiary/aromatic N) is 2. The molecule has 2 aromatic carbocycles. The Balaban J connectivity index is 1.91. The third kappa shape index (κ3) is 2.86. The number of ether oxygens (including phenoxy) is 1. The molecule has 0 radical (unpaired) electrons. The third-order valence-corrected chi connectivity index (χ3v) is 4.44. The van der Waals surface area contributed by atoms with Gasteiger partial charge in [0.05, 0.1) is 25.3 Å². The van der Waals surface area contributed by atoms with E-state index in [0.717, 1.165) is 4.90 Å². The van der Waals surface area contributed by atoms with Crippen LogP contribution >= 0.6 is 0 Å². The molecule has 1 fully saturated rings. The second-order valence-electron chi connectivity index (χ2n) is 6.09. The fourth-order valence-corrected chi connectivity index (χ4v) is 2.96. The SMILES string of the molecule is COc1ccc(F)cc1CN1C(=O)N[C@](C)(c2ccc(C#N)cc2)C1=O. The average Bonchev–Trinajstić information content (AvgIpc) is 2.86. The van der Waals surface area contributed by atoms with E-state index in [-0.39, 0.29) is 6.54 Å². The van der Waals surface area contributed by atoms with Gasteiger partial charge in [0.15, 0.2) is 0 Å². The molecular weight excluding hydrogens is 337 g/mol. The number of benzene rings is 2. The molecule has 132 valence electrons. The lowest BCUT2D eigenvalue weighted by molar-refractivity contribution is -0.131. The molecule has 0 bridgehead atoms. The van der Waals surface area contributed by atoms with Gasteiger partial charge in [0.25, 0.3) is 5.91 Å². The molecule has 1 atom stereocenters. The van der Waals surface area contributed by atoms with Crippen LogP contribution in [-0.2, 0) is 16.9 Å². The van der Waals surface area contributed by atoms with E-state index < -0.39 is 23.3 Å². The lowest BCUT2D eigenvalue weighted by Crippen LogP contribution is -2.40. The van der Waals surface area contributed by atoms with E-state index in [1.54, 1.807) is 31.2 Å². The van der Waals surface area contributed by atoms with Gasteiger partial charge in [-0.25, -0.2) is 9.18 Å². The maximum atomic E-state index is 13.6. The Morgan fingerprint density at radius 3 is 2.54 bits per heavy atom. The lowest BCUT2D eigenvalue weighted by Gasteiger charge is -2.22. The summed E-state index contributed by atoms with van der Waals surface area (Å²) in [5, 5.41) is 11.6. The van der Waals surface area contributed by atoms with Crippen molar-refractivity contribution in [2.45, 2.75) is 19.0 Å². The Morgan fingerprint density at radius 2 is 1.92 bits per heavy atom. The summed E-state index contributed by atoms with van der Waals surface area (Å²) in [5.41, 5.74) is 0.144. The summed E-state index contributed by atoms with van der Waals surface area (Å²) < 4.78 is 18.7. The summed E-state index contributed by atoms with van der Waals surface area (Å²) >= 11 is 0. The molecular formula is C19H16FN3O3. The standard InChI is InChI=1S/C19H16FN3O3/c1-19(14-5-3-12(10-21)4-6-14)17(24)23(18(25)22-19)11-13-9-15(20)7-8-16(13)26-2/h3-9H,11H2,1-2H3,(H,22,25)/t19-/m1/s1. The van der Waals surface area contributed by atoms with Crippen molar-refractivity contribution in [3.05, 3.63) is 65.0 Å². The normalized spacial score (nSPS) is 19.2. The highest BCUT2D eigenvalue weighted by molar-refractivity contribution is 6.07. The van der Waals surface area contributed by atoms with E-state index >= 15 is 0 Å². The van der Waals surface area contributed by atoms with Crippen LogP contribution < -0.4 is 10.1 Å². The first kappa shape index (κ1) is 17.4. The Bertz CT molecular complexity index is 921. The summed E-state index contributed by atoms with van der Waals surface area (Å²) in [5.74, 6) is -0.555. The number of methoxy groups -OCH3 is 1. The maximum absolute atomic E-state index is 13.6. The van der Waals surface area contributed by atoms with Gasteiger partial charge in [-0.1, -0.05) is 12.1 Å². The van der Waals surface area contributed by atoms with Crippen LogP contribution in [0.15, 0.2) is 42.5 Å². The van der Waals surface area contributed by atoms with E-state index in [1.165, 1.54) is 25.3 Å². The van der Waals surface area contributed by atoms with Gasteiger partial charge in [0, 0.05) is 5.56 Å². The van der Waals surface area contributed by atoms with E-state index in [4.69, 9.17) is 10.00 Å². The zero-order valence-corrected chi connectivity index (χ0v) is 14.2. The van der Waals surface area contributed by atoms with Crippen LogP contribution in [0.2, 0.25) is 0 Å². The highest BCUT2D eigenvalue weighted by Gasteiger charge is 2.49. The summed E-state index contributed by atoms with van der Waals surface area (Å²) in [4.78, 5) is 26.3. The molecule has 1 aliphatic heterocycles. The van der Waals surface area contributed by atoms with Crippen molar-refractivity contribution in [1.29, 1.82) is 5.26 Å². The van der Waals surface area contributed by atoms with Crippen molar-refractivity contribution < 1.29 is 18.7 Å². The van der Waals surface area contributed by atoms with Gasteiger partial charge >= 0.3 is 6.03 Å². The first-order valence-corrected chi connectivity index (χ1v) is 7.86. The third-order valence-electron chi connectivity index (χ3n) is 4.44. The first-order chi connectivity index (χ1) is 12.4. The number of amides is 3. The van der Waals surface area contributed by atoms with Crippen molar-refractivity contribution in [3.63, 3.8) is 0 Å². The number of hydrogen-bond donors (Lipinski definition) is 1. The molecule has 1 aliphatic rings. The van der Waals surface area contributed by atoms with E-state index in [0.29, 0.717) is 22.4 Å². The van der Waals surface area contributed by atoms with Crippen molar-refractivity contribution in [2.24, 2.45) is 0 Å². The highest BCUT2D eigenvalue weighted by Crippen LogP contribution is 2.31. The van der Waals surface area contributed by atoms with E-state index in [2.05, 4.69) is 5.32 Å². The molecule has 7 heteroatoms. The smallest absolute Gasteiger partial charge is 0.325 e. The fourth-order valence-electron chi connectivity index (χ4n) is 2.96. The fraction of sp³-hybridized carbons (Fsp3) is 0.211. The summed E-state index contributed by atoms with van der Waals surface area (Å²) in [6, 6.07) is 11.8. The summed E-state index contributed by atoms with van der Waals surface area (Å²) in [6.07, 6.45) is 0. The van der Waals surface area contributed by atoms with Crippen molar-refractivity contribution >= 4 is 11.9 Å². The molecule has 0 spiro atoms. The van der Waals surface area contributed by atoms with Crippen LogP contribution in [0.4, 0.5) is 9.18 Å². The molecule has 6 nitrogen and oxygen atoms in total. The molecule has 0 aromatic heterocycles. The largest absolute Gasteiger partial charge is 0.496 e. The second-order valence-corrected chi connectivity index (χ2v) is 6.09. The quantitative estimate of drug-likeness (QED) is 0.857. The minimum absolute atomic E-state index is 0.114. The Hall–Kier alpha value is -3.40. The van der Waals surface area contributed by atoms with Gasteiger partial charge in [0.1, 0.15) is 17.1 Å². The Morgan fingerprint density at radius 1 is 1.23 bits per heavy atom. The van der Waals surface area contributed by atoms with Crippen molar-refractivity contribution in [3.8, 4) is 11.8 Å². The summed E-state index contributed by atoms with van der Waals surface area (Å²) in [7, 11) is 1.43. The van der Waals surface area contributed by atoms with Gasteiger partial charge < -0.3 is 10.1 Å². The Labute approximate surface area is 149 Å². The first-order valence-electron chi connectivity index (χ1n) is 7.86. The Kier molecular flexibility index (Phi) is 4.34. The molecule has 3 rings (SSSR count). The van der Waals surface area contributed by atoms with Crippen LogP contribution in [0.1, 0.15) is 23.6 Å². The number of nitriles is 1. The van der Waals surface area contributed by atoms with Gasteiger partial charge in [0.2, 0.25) is 0 Å². The van der Waals surface area contributed by atoms with Gasteiger partial charge in [-0.05, 0) is 42.8 Å². The molecule has 3 amide bonds. The molecule has 1 heterocycles. The predicted molar refractivity (Wildman–Crippen MR) is 90.5 cm³/mol. The van der Waals surface area contributed by atoms with E-state index in [9.17, 15) is 14.0 Å². The highest BCUT2D eigenvalue weighted by atomic mass is 19.1. The lowest BCUT2D eigenvalue weighted by atomic mass is 9.91. The molecule has 26 heavy (non-hydrogen) atoms. The van der Waals surface area contributed by atoms with Gasteiger partial charge in [-0.15, -0.1) is 0 Å². The predicted octanol–water partition coefficient (Wildman–Crippen LogP) is 2.67. The zero-order chi connectivity index (χ0) is 18.9. The number of halogens is 1. The van der Waals surface area contributed by atoms with Crippen molar-refractivity contribution in [2.75, 3.05) is 7.11 Å². The molecule has 2 aromatic rings. The topological polar surface area (TPSA) is 82.4 Å². The number of carbonyl (C=O) groups is 2. The second kappa shape index (κ2) is 6.48. The minimum atomic E-state index is -1.26. The van der Waals surface area contributed by atoms with Crippen molar-refractivity contribution in [1.82, 2.24) is 10.2 Å². The number of hydrogen-bond acceptors (Lipinski definition) is 4. The minimum Gasteiger partial charge on any atom is -0.496 e. The van der Waals surface area contributed by atoms with Gasteiger partial charge in [-0.3, -0.25) is 9.69 Å². The average molecular weight is 353 g/mol. The zero-order valence-electron chi connectivity index (χ0n) is 14.2. The number of rotatable bonds is 4. The number of imide groups is 1. The molecule has 1 N–H and O–H groups in total. The van der Waals surface area contributed by atoms with E-state index in [1.807, 2.05) is 6.07 Å². The molecule has 0 saturated carbocycles. The summed E-state index contributed by atoms with van der Waals surface area (Å²) in [6.45, 7) is 1.48. The van der Waals surface area contributed by atoms with Crippen LogP contribution in [0.25, 0.3) is 0 Å². The van der Waals surface area contributed by atoms with Crippen LogP contribution in [0, 0.1) is 17.1 Å². The van der Waals surface area contributed by atoms with Crippen LogP contribution in [0.3, 0.4) is 0 Å². The molecule has 0 unspecified atom stereocenters. The molecule has 0 aliphatic carbocycles. The van der Waals surface area contributed by atoms with Crippen LogP contribution in [0.5, 0.6) is 5.75 Å². The maximum Gasteiger partial charge on any atom is 0.325 e. The molecule has 1 saturated heterocycles. The van der Waals surface area contributed by atoms with Crippen LogP contribution in [-0.4, -0.2) is 23.9 Å². The number of carbonyl (C=O) groups excluding carboxylic acids is 2. The number of urea groups is 1. The monoisotopic (exact) mass is 353 g/mol.